The second-order valence-electron chi connectivity index (χ2n) is 18.1. The van der Waals surface area contributed by atoms with E-state index in [1.807, 2.05) is 0 Å². The molecule has 0 N–H and O–H groups in total. The second kappa shape index (κ2) is 79.6. The molecular formula is C58H108O12Sn3. The first-order valence-electron chi connectivity index (χ1n) is 28.6. The molecule has 0 aromatic carbocycles. The summed E-state index contributed by atoms with van der Waals surface area (Å²) < 4.78 is 9.75. The molecule has 0 aliphatic heterocycles. The van der Waals surface area contributed by atoms with Crippen molar-refractivity contribution in [1.29, 1.82) is 0 Å². The molecule has 0 unspecified atom stereocenters. The second-order valence-corrected chi connectivity index (χ2v) is 31.0. The number of carbonyl (C=O) groups is 6. The third-order valence-corrected chi connectivity index (χ3v) is 22.6. The number of carbonyl (C=O) groups excluding carboxylic acids is 6. The Bertz CT molecular complexity index is 1120. The van der Waals surface area contributed by atoms with Crippen LogP contribution in [0.4, 0.5) is 0 Å². The first-order chi connectivity index (χ1) is 34.9. The zero-order valence-corrected chi connectivity index (χ0v) is 57.0. The van der Waals surface area contributed by atoms with E-state index in [0.29, 0.717) is 12.2 Å². The zero-order chi connectivity index (χ0) is 57.0. The SMILES string of the molecule is C/C(=C/C(=O)[O-])C(=O)[O-].C/C(=C/C(=O)[O-])C(=O)[O-].CCCCCCCCCCCC(=O)[O-].CCCCCCCCCCCC(=O)[O-].CCC[CH2][Sn+2][CH2]CCC.CCC[CH2][Sn+2][CH2]CCC.CCC[CH2][Sn+2][CH2]CCC. The van der Waals surface area contributed by atoms with Crippen LogP contribution in [0.3, 0.4) is 0 Å². The van der Waals surface area contributed by atoms with Gasteiger partial charge < -0.3 is 59.4 Å². The molecule has 0 atom stereocenters. The van der Waals surface area contributed by atoms with E-state index in [9.17, 15) is 59.4 Å². The molecule has 0 saturated carbocycles. The van der Waals surface area contributed by atoms with Gasteiger partial charge in [0.25, 0.3) is 0 Å². The van der Waals surface area contributed by atoms with Gasteiger partial charge in [0.05, 0.1) is 23.9 Å². The van der Waals surface area contributed by atoms with Crippen LogP contribution in [-0.4, -0.2) is 99.2 Å². The van der Waals surface area contributed by atoms with Crippen molar-refractivity contribution in [2.24, 2.45) is 0 Å². The van der Waals surface area contributed by atoms with Gasteiger partial charge in [-0.05, 0) is 62.8 Å². The van der Waals surface area contributed by atoms with E-state index in [-0.39, 0.29) is 87.4 Å². The Morgan fingerprint density at radius 3 is 0.603 bits per heavy atom. The predicted octanol–water partition coefficient (Wildman–Crippen LogP) is 9.56. The Morgan fingerprint density at radius 1 is 0.288 bits per heavy atom. The van der Waals surface area contributed by atoms with E-state index in [4.69, 9.17) is 0 Å². The van der Waals surface area contributed by atoms with Crippen molar-refractivity contribution < 1.29 is 59.4 Å². The number of aliphatic carboxylic acids is 6. The van der Waals surface area contributed by atoms with Crippen LogP contribution < -0.4 is 30.6 Å². The number of hydrogen-bond acceptors (Lipinski definition) is 12. The van der Waals surface area contributed by atoms with Crippen LogP contribution in [-0.2, 0) is 28.8 Å². The number of carboxylic acid groups (broad SMARTS) is 6. The quantitative estimate of drug-likeness (QED) is 0.0315. The van der Waals surface area contributed by atoms with E-state index >= 15 is 0 Å². The maximum atomic E-state index is 10.1. The molecule has 0 heterocycles. The summed E-state index contributed by atoms with van der Waals surface area (Å²) in [5.41, 5.74) is -0.704. The average molecular weight is 1350 g/mol. The summed E-state index contributed by atoms with van der Waals surface area (Å²) in [5.74, 6) is -7.88. The zero-order valence-electron chi connectivity index (χ0n) is 48.4. The average Bonchev–Trinajstić information content (AvgIpc) is 3.33. The molecule has 0 spiro atoms. The summed E-state index contributed by atoms with van der Waals surface area (Å²) in [6, 6.07) is 0. The fourth-order valence-corrected chi connectivity index (χ4v) is 18.3. The number of unbranched alkanes of at least 4 members (excludes halogenated alkanes) is 22. The van der Waals surface area contributed by atoms with Crippen LogP contribution in [0.2, 0.25) is 26.6 Å². The Kier molecular flexibility index (Phi) is 93.3. The van der Waals surface area contributed by atoms with Crippen LogP contribution in [0.15, 0.2) is 23.3 Å². The predicted molar refractivity (Wildman–Crippen MR) is 297 cm³/mol. The molecule has 0 aliphatic rings. The number of rotatable bonds is 42. The third kappa shape index (κ3) is 112. The summed E-state index contributed by atoms with van der Waals surface area (Å²) in [5, 5.41) is 59.0. The fourth-order valence-electron chi connectivity index (χ4n) is 5.82. The van der Waals surface area contributed by atoms with Crippen LogP contribution in [0.25, 0.3) is 0 Å². The van der Waals surface area contributed by atoms with Crippen LogP contribution >= 0.6 is 0 Å². The van der Waals surface area contributed by atoms with E-state index in [1.54, 1.807) is 26.6 Å². The van der Waals surface area contributed by atoms with Gasteiger partial charge in [0.2, 0.25) is 0 Å². The van der Waals surface area contributed by atoms with E-state index in [1.165, 1.54) is 167 Å². The van der Waals surface area contributed by atoms with E-state index < -0.39 is 35.8 Å². The summed E-state index contributed by atoms with van der Waals surface area (Å²) in [6.07, 6.45) is 40.8. The van der Waals surface area contributed by atoms with Crippen molar-refractivity contribution >= 4 is 99.2 Å². The van der Waals surface area contributed by atoms with Gasteiger partial charge in [-0.2, -0.15) is 0 Å². The molecule has 0 bridgehead atoms. The summed E-state index contributed by atoms with van der Waals surface area (Å²) in [4.78, 5) is 59.0. The van der Waals surface area contributed by atoms with Crippen molar-refractivity contribution in [2.45, 2.75) is 301 Å². The van der Waals surface area contributed by atoms with Crippen molar-refractivity contribution in [1.82, 2.24) is 0 Å². The molecular weight excluding hydrogens is 1240 g/mol. The monoisotopic (exact) mass is 1360 g/mol. The molecule has 0 aromatic heterocycles. The van der Waals surface area contributed by atoms with Gasteiger partial charge in [0, 0.05) is 11.9 Å². The van der Waals surface area contributed by atoms with Gasteiger partial charge >= 0.3 is 209 Å². The van der Waals surface area contributed by atoms with Gasteiger partial charge in [0.15, 0.2) is 0 Å². The Hall–Kier alpha value is -1.30. The normalized spacial score (nSPS) is 10.1. The van der Waals surface area contributed by atoms with Crippen molar-refractivity contribution in [2.75, 3.05) is 0 Å². The minimum atomic E-state index is -1.53. The minimum absolute atomic E-state index is 0.149. The molecule has 12 nitrogen and oxygen atoms in total. The van der Waals surface area contributed by atoms with Gasteiger partial charge in [-0.3, -0.25) is 0 Å². The van der Waals surface area contributed by atoms with E-state index in [2.05, 4.69) is 55.4 Å². The molecule has 73 heavy (non-hydrogen) atoms. The molecule has 0 amide bonds. The van der Waals surface area contributed by atoms with Gasteiger partial charge in [-0.25, -0.2) is 0 Å². The molecule has 15 heteroatoms. The number of carboxylic acids is 6. The van der Waals surface area contributed by atoms with Crippen molar-refractivity contribution in [3.8, 4) is 0 Å². The molecule has 424 valence electrons. The van der Waals surface area contributed by atoms with Gasteiger partial charge in [-0.15, -0.1) is 0 Å². The summed E-state index contributed by atoms with van der Waals surface area (Å²) >= 11 is 0.448. The van der Waals surface area contributed by atoms with Gasteiger partial charge in [-0.1, -0.05) is 117 Å². The first-order valence-corrected chi connectivity index (χ1v) is 40.7. The van der Waals surface area contributed by atoms with Crippen LogP contribution in [0.5, 0.6) is 0 Å². The topological polar surface area (TPSA) is 241 Å². The molecule has 0 rings (SSSR count). The molecule has 0 aliphatic carbocycles. The fraction of sp³-hybridized carbons (Fsp3) is 0.828. The van der Waals surface area contributed by atoms with Gasteiger partial charge in [0.1, 0.15) is 0 Å². The molecule has 0 radical (unpaired) electrons. The van der Waals surface area contributed by atoms with Crippen molar-refractivity contribution in [3.63, 3.8) is 0 Å². The Balaban J connectivity index is -0.000000141. The standard InChI is InChI=1S/2C12H24O2.2C5H6O4.6C4H9.3Sn/c2*1-2-3-4-5-6-7-8-9-10-11-12(13)14;2*1-3(5(8)9)2-4(6)7;6*1-3-4-2;;;/h2*2-11H2,1H3,(H,13,14);2*2H,1H3,(H,6,7)(H,8,9);6*1,3-4H2,2H3;;;/q;;;;;;;;;;3*+2/p-6/b;;2*3-2-;;;;;;;;;. The maximum absolute atomic E-state index is 10.1. The molecule has 0 fully saturated rings. The van der Waals surface area contributed by atoms with Crippen molar-refractivity contribution in [3.05, 3.63) is 23.3 Å². The van der Waals surface area contributed by atoms with Crippen LogP contribution in [0.1, 0.15) is 275 Å². The third-order valence-electron chi connectivity index (χ3n) is 10.5. The van der Waals surface area contributed by atoms with Crippen LogP contribution in [0, 0.1) is 0 Å². The van der Waals surface area contributed by atoms with E-state index in [0.717, 1.165) is 39.5 Å². The Labute approximate surface area is 479 Å². The number of hydrogen-bond donors (Lipinski definition) is 0. The first kappa shape index (κ1) is 85.6. The molecule has 0 aromatic rings. The summed E-state index contributed by atoms with van der Waals surface area (Å²) in [6.45, 7) is 20.4. The molecule has 0 saturated heterocycles. The summed E-state index contributed by atoms with van der Waals surface area (Å²) in [7, 11) is 0. The Morgan fingerprint density at radius 2 is 0.466 bits per heavy atom.